The van der Waals surface area contributed by atoms with Gasteiger partial charge in [-0.15, -0.1) is 0 Å². The number of sulfonamides is 1. The molecule has 29 heavy (non-hydrogen) atoms. The van der Waals surface area contributed by atoms with Crippen LogP contribution in [-0.4, -0.2) is 56.3 Å². The van der Waals surface area contributed by atoms with Crippen LogP contribution in [0.5, 0.6) is 0 Å². The Morgan fingerprint density at radius 2 is 1.83 bits per heavy atom. The zero-order valence-electron chi connectivity index (χ0n) is 16.9. The Kier molecular flexibility index (Phi) is 5.46. The van der Waals surface area contributed by atoms with Gasteiger partial charge in [0.05, 0.1) is 11.4 Å². The van der Waals surface area contributed by atoms with Crippen LogP contribution < -0.4 is 4.72 Å². The largest absolute Gasteiger partial charge is 0.338 e. The normalized spacial score (nSPS) is 17.7. The molecule has 1 fully saturated rings. The van der Waals surface area contributed by atoms with E-state index in [9.17, 15) is 13.2 Å². The lowest BCUT2D eigenvalue weighted by Crippen LogP contribution is -2.62. The quantitative estimate of drug-likeness (QED) is 0.812. The van der Waals surface area contributed by atoms with E-state index in [4.69, 9.17) is 0 Å². The summed E-state index contributed by atoms with van der Waals surface area (Å²) < 4.78 is 27.6. The molecule has 0 saturated carbocycles. The van der Waals surface area contributed by atoms with Gasteiger partial charge in [-0.25, -0.2) is 13.1 Å². The summed E-state index contributed by atoms with van der Waals surface area (Å²) in [5.74, 6) is -0.174. The van der Waals surface area contributed by atoms with Gasteiger partial charge in [-0.2, -0.15) is 0 Å². The average molecular weight is 414 g/mol. The molecule has 2 aromatic carbocycles. The van der Waals surface area contributed by atoms with Crippen molar-refractivity contribution in [2.75, 3.05) is 26.2 Å². The number of hydrogen-bond donors (Lipinski definition) is 1. The predicted molar refractivity (Wildman–Crippen MR) is 112 cm³/mol. The van der Waals surface area contributed by atoms with Crippen molar-refractivity contribution in [3.05, 3.63) is 64.7 Å². The van der Waals surface area contributed by atoms with Gasteiger partial charge in [0.25, 0.3) is 0 Å². The van der Waals surface area contributed by atoms with Gasteiger partial charge in [-0.05, 0) is 48.6 Å². The van der Waals surface area contributed by atoms with Gasteiger partial charge in [0.15, 0.2) is 0 Å². The van der Waals surface area contributed by atoms with Crippen molar-refractivity contribution in [1.82, 2.24) is 14.5 Å². The summed E-state index contributed by atoms with van der Waals surface area (Å²) >= 11 is 0. The number of carbonyl (C=O) groups is 1. The van der Waals surface area contributed by atoms with Gasteiger partial charge in [-0.3, -0.25) is 9.69 Å². The number of aryl methyl sites for hydroxylation is 2. The van der Waals surface area contributed by atoms with E-state index in [1.807, 2.05) is 13.0 Å². The van der Waals surface area contributed by atoms with Gasteiger partial charge in [0.2, 0.25) is 15.9 Å². The summed E-state index contributed by atoms with van der Waals surface area (Å²) in [6, 6.07) is 14.1. The third-order valence-corrected chi connectivity index (χ3v) is 7.48. The molecule has 0 atom stereocenters. The molecule has 2 heterocycles. The topological polar surface area (TPSA) is 69.7 Å². The minimum absolute atomic E-state index is 0.174. The summed E-state index contributed by atoms with van der Waals surface area (Å²) in [6.07, 6.45) is 1.04. The lowest BCUT2D eigenvalue weighted by Gasteiger charge is -2.47. The minimum atomic E-state index is -3.70. The monoisotopic (exact) mass is 413 g/mol. The third-order valence-electron chi connectivity index (χ3n) is 5.94. The number of amides is 1. The number of nitrogens with one attached hydrogen (secondary N) is 1. The molecular weight excluding hydrogens is 386 g/mol. The summed E-state index contributed by atoms with van der Waals surface area (Å²) in [4.78, 5) is 16.9. The third kappa shape index (κ3) is 4.22. The maximum atomic E-state index is 12.6. The second kappa shape index (κ2) is 7.89. The second-order valence-corrected chi connectivity index (χ2v) is 9.77. The SMILES string of the molecule is Cc1ccc(C)c(S(=O)(=O)NCC(=O)N2CC(N3CCc4ccccc4C3)C2)c1. The summed E-state index contributed by atoms with van der Waals surface area (Å²) in [7, 11) is -3.70. The molecule has 4 rings (SSSR count). The number of likely N-dealkylation sites (tertiary alicyclic amines) is 1. The van der Waals surface area contributed by atoms with Gasteiger partial charge in [-0.1, -0.05) is 36.4 Å². The number of nitrogens with zero attached hydrogens (tertiary/aromatic N) is 2. The highest BCUT2D eigenvalue weighted by Crippen LogP contribution is 2.24. The first-order valence-corrected chi connectivity index (χ1v) is 11.5. The molecule has 154 valence electrons. The number of hydrogen-bond acceptors (Lipinski definition) is 4. The van der Waals surface area contributed by atoms with Crippen LogP contribution in [0.2, 0.25) is 0 Å². The van der Waals surface area contributed by atoms with Crippen LogP contribution in [0.4, 0.5) is 0 Å². The standard InChI is InChI=1S/C22H27N3O3S/c1-16-7-8-17(2)21(11-16)29(27,28)23-12-22(26)25-14-20(15-25)24-10-9-18-5-3-4-6-19(18)13-24/h3-8,11,20,23H,9-10,12-15H2,1-2H3. The van der Waals surface area contributed by atoms with E-state index in [-0.39, 0.29) is 17.3 Å². The molecule has 0 aliphatic carbocycles. The molecule has 1 amide bonds. The highest BCUT2D eigenvalue weighted by atomic mass is 32.2. The fourth-order valence-corrected chi connectivity index (χ4v) is 5.36. The van der Waals surface area contributed by atoms with Gasteiger partial charge in [0.1, 0.15) is 0 Å². The Bertz CT molecular complexity index is 1030. The molecule has 6 nitrogen and oxygen atoms in total. The van der Waals surface area contributed by atoms with E-state index in [1.165, 1.54) is 11.1 Å². The van der Waals surface area contributed by atoms with Crippen LogP contribution in [0.15, 0.2) is 47.4 Å². The van der Waals surface area contributed by atoms with E-state index in [1.54, 1.807) is 24.0 Å². The maximum Gasteiger partial charge on any atom is 0.241 e. The van der Waals surface area contributed by atoms with Gasteiger partial charge < -0.3 is 4.90 Å². The number of rotatable bonds is 5. The highest BCUT2D eigenvalue weighted by Gasteiger charge is 2.36. The number of fused-ring (bicyclic) bond motifs is 1. The number of benzene rings is 2. The zero-order valence-corrected chi connectivity index (χ0v) is 17.7. The molecule has 0 spiro atoms. The molecule has 1 saturated heterocycles. The van der Waals surface area contributed by atoms with Crippen LogP contribution in [0, 0.1) is 13.8 Å². The van der Waals surface area contributed by atoms with Crippen LogP contribution >= 0.6 is 0 Å². The van der Waals surface area contributed by atoms with E-state index in [0.717, 1.165) is 25.1 Å². The van der Waals surface area contributed by atoms with Crippen molar-refractivity contribution >= 4 is 15.9 Å². The summed E-state index contributed by atoms with van der Waals surface area (Å²) in [5, 5.41) is 0. The maximum absolute atomic E-state index is 12.6. The first-order chi connectivity index (χ1) is 13.8. The van der Waals surface area contributed by atoms with Crippen molar-refractivity contribution in [1.29, 1.82) is 0 Å². The molecule has 2 aliphatic rings. The molecule has 7 heteroatoms. The Labute approximate surface area is 172 Å². The van der Waals surface area contributed by atoms with E-state index in [0.29, 0.717) is 24.7 Å². The Morgan fingerprint density at radius 3 is 2.59 bits per heavy atom. The van der Waals surface area contributed by atoms with E-state index >= 15 is 0 Å². The Morgan fingerprint density at radius 1 is 1.10 bits per heavy atom. The van der Waals surface area contributed by atoms with Crippen LogP contribution in [0.1, 0.15) is 22.3 Å². The molecule has 0 aromatic heterocycles. The van der Waals surface area contributed by atoms with E-state index in [2.05, 4.69) is 33.9 Å². The second-order valence-electron chi connectivity index (χ2n) is 8.04. The van der Waals surface area contributed by atoms with E-state index < -0.39 is 10.0 Å². The molecule has 1 N–H and O–H groups in total. The lowest BCUT2D eigenvalue weighted by atomic mass is 9.96. The van der Waals surface area contributed by atoms with Crippen molar-refractivity contribution < 1.29 is 13.2 Å². The molecule has 0 radical (unpaired) electrons. The van der Waals surface area contributed by atoms with Gasteiger partial charge >= 0.3 is 0 Å². The smallest absolute Gasteiger partial charge is 0.241 e. The summed E-state index contributed by atoms with van der Waals surface area (Å²) in [6.45, 7) is 6.64. The fraction of sp³-hybridized carbons (Fsp3) is 0.409. The molecule has 2 aliphatic heterocycles. The van der Waals surface area contributed by atoms with Crippen molar-refractivity contribution in [2.24, 2.45) is 0 Å². The fourth-order valence-electron chi connectivity index (χ4n) is 4.06. The van der Waals surface area contributed by atoms with Crippen LogP contribution in [0.25, 0.3) is 0 Å². The van der Waals surface area contributed by atoms with Crippen molar-refractivity contribution in [3.8, 4) is 0 Å². The van der Waals surface area contributed by atoms with Crippen molar-refractivity contribution in [3.63, 3.8) is 0 Å². The molecule has 0 bridgehead atoms. The summed E-state index contributed by atoms with van der Waals surface area (Å²) in [5.41, 5.74) is 4.32. The zero-order chi connectivity index (χ0) is 20.6. The Balaban J connectivity index is 1.30. The highest BCUT2D eigenvalue weighted by molar-refractivity contribution is 7.89. The first kappa shape index (κ1) is 20.1. The van der Waals surface area contributed by atoms with Crippen molar-refractivity contribution in [2.45, 2.75) is 37.8 Å². The minimum Gasteiger partial charge on any atom is -0.338 e. The lowest BCUT2D eigenvalue weighted by molar-refractivity contribution is -0.137. The van der Waals surface area contributed by atoms with Crippen LogP contribution in [0.3, 0.4) is 0 Å². The molecule has 2 aromatic rings. The predicted octanol–water partition coefficient (Wildman–Crippen LogP) is 1.85. The molecular formula is C22H27N3O3S. The molecule has 0 unspecified atom stereocenters. The first-order valence-electron chi connectivity index (χ1n) is 9.99. The van der Waals surface area contributed by atoms with Gasteiger partial charge in [0, 0.05) is 32.2 Å². The number of carbonyl (C=O) groups excluding carboxylic acids is 1. The Hall–Kier alpha value is -2.22. The average Bonchev–Trinajstić information content (AvgIpc) is 2.67. The van der Waals surface area contributed by atoms with Crippen LogP contribution in [-0.2, 0) is 27.8 Å².